The molecule has 0 spiro atoms. The third-order valence-electron chi connectivity index (χ3n) is 1.95. The third kappa shape index (κ3) is 3.09. The van der Waals surface area contributed by atoms with Gasteiger partial charge in [0, 0.05) is 0 Å². The summed E-state index contributed by atoms with van der Waals surface area (Å²) in [6.45, 7) is 8.60. The molecule has 1 aliphatic rings. The minimum atomic E-state index is -0.385. The first kappa shape index (κ1) is 9.96. The molecule has 1 saturated heterocycles. The highest BCUT2D eigenvalue weighted by molar-refractivity contribution is 4.72. The average molecular weight is 173 g/mol. The van der Waals surface area contributed by atoms with Gasteiger partial charge >= 0.3 is 0 Å². The highest BCUT2D eigenvalue weighted by Gasteiger charge is 2.27. The van der Waals surface area contributed by atoms with Gasteiger partial charge in [-0.25, -0.2) is 0 Å². The summed E-state index contributed by atoms with van der Waals surface area (Å²) in [5.41, 5.74) is 0. The zero-order chi connectivity index (χ0) is 9.03. The van der Waals surface area contributed by atoms with Crippen LogP contribution in [0.1, 0.15) is 27.2 Å². The van der Waals surface area contributed by atoms with Crippen molar-refractivity contribution < 1.29 is 9.47 Å². The van der Waals surface area contributed by atoms with E-state index in [4.69, 9.17) is 9.47 Å². The molecule has 0 aromatic heterocycles. The molecule has 1 N–H and O–H groups in total. The van der Waals surface area contributed by atoms with Crippen LogP contribution in [0.2, 0.25) is 0 Å². The predicted molar refractivity (Wildman–Crippen MR) is 48.1 cm³/mol. The summed E-state index contributed by atoms with van der Waals surface area (Å²) < 4.78 is 11.0. The maximum atomic E-state index is 5.49. The Bertz CT molecular complexity index is 126. The van der Waals surface area contributed by atoms with E-state index in [0.717, 1.165) is 26.2 Å². The highest BCUT2D eigenvalue weighted by atomic mass is 16.7. The van der Waals surface area contributed by atoms with Gasteiger partial charge in [0.15, 0.2) is 5.79 Å². The summed E-state index contributed by atoms with van der Waals surface area (Å²) in [5.74, 6) is -0.385. The van der Waals surface area contributed by atoms with Crippen LogP contribution in [0.25, 0.3) is 0 Å². The zero-order valence-electron chi connectivity index (χ0n) is 8.22. The molecular weight excluding hydrogens is 154 g/mol. The van der Waals surface area contributed by atoms with Crippen molar-refractivity contribution in [2.24, 2.45) is 0 Å². The van der Waals surface area contributed by atoms with Gasteiger partial charge in [0.2, 0.25) is 0 Å². The maximum absolute atomic E-state index is 5.49. The molecule has 0 aromatic carbocycles. The third-order valence-corrected chi connectivity index (χ3v) is 1.95. The second kappa shape index (κ2) is 4.21. The molecule has 0 amide bonds. The number of hydrogen-bond donors (Lipinski definition) is 1. The van der Waals surface area contributed by atoms with Crippen LogP contribution < -0.4 is 5.32 Å². The molecule has 1 aliphatic heterocycles. The molecule has 3 heteroatoms. The number of ether oxygens (including phenoxy) is 2. The summed E-state index contributed by atoms with van der Waals surface area (Å²) in [6.07, 6.45) is 1.15. The van der Waals surface area contributed by atoms with Gasteiger partial charge in [0.25, 0.3) is 0 Å². The van der Waals surface area contributed by atoms with Gasteiger partial charge in [-0.3, -0.25) is 0 Å². The van der Waals surface area contributed by atoms with E-state index in [0.29, 0.717) is 6.04 Å². The van der Waals surface area contributed by atoms with Crippen molar-refractivity contribution in [2.75, 3.05) is 19.8 Å². The zero-order valence-corrected chi connectivity index (χ0v) is 8.22. The average Bonchev–Trinajstić information content (AvgIpc) is 2.03. The minimum Gasteiger partial charge on any atom is -0.349 e. The Labute approximate surface area is 74.4 Å². The Kier molecular flexibility index (Phi) is 3.50. The Balaban J connectivity index is 2.18. The normalized spacial score (nSPS) is 24.2. The predicted octanol–water partition coefficient (Wildman–Crippen LogP) is 1.14. The molecule has 1 rings (SSSR count). The molecule has 0 aromatic rings. The standard InChI is InChI=1S/C9H19NO2/c1-4-5-10-8-6-11-9(2,3)12-7-8/h8,10H,4-7H2,1-3H3. The lowest BCUT2D eigenvalue weighted by molar-refractivity contribution is -0.252. The lowest BCUT2D eigenvalue weighted by Crippen LogP contribution is -2.48. The van der Waals surface area contributed by atoms with E-state index >= 15 is 0 Å². The van der Waals surface area contributed by atoms with E-state index in [1.165, 1.54) is 0 Å². The van der Waals surface area contributed by atoms with E-state index < -0.39 is 0 Å². The van der Waals surface area contributed by atoms with Crippen molar-refractivity contribution >= 4 is 0 Å². The van der Waals surface area contributed by atoms with Crippen LogP contribution in [0.4, 0.5) is 0 Å². The van der Waals surface area contributed by atoms with Gasteiger partial charge in [-0.05, 0) is 26.8 Å². The topological polar surface area (TPSA) is 30.5 Å². The van der Waals surface area contributed by atoms with Crippen LogP contribution in [0, 0.1) is 0 Å². The van der Waals surface area contributed by atoms with Crippen LogP contribution in [0.3, 0.4) is 0 Å². The Morgan fingerprint density at radius 2 is 1.92 bits per heavy atom. The summed E-state index contributed by atoms with van der Waals surface area (Å²) >= 11 is 0. The molecule has 0 bridgehead atoms. The molecule has 1 fully saturated rings. The lowest BCUT2D eigenvalue weighted by Gasteiger charge is -2.35. The Morgan fingerprint density at radius 1 is 1.33 bits per heavy atom. The highest BCUT2D eigenvalue weighted by Crippen LogP contribution is 2.16. The first-order valence-corrected chi connectivity index (χ1v) is 4.65. The van der Waals surface area contributed by atoms with E-state index in [2.05, 4.69) is 12.2 Å². The van der Waals surface area contributed by atoms with Gasteiger partial charge < -0.3 is 14.8 Å². The van der Waals surface area contributed by atoms with Gasteiger partial charge in [-0.2, -0.15) is 0 Å². The van der Waals surface area contributed by atoms with Gasteiger partial charge in [-0.15, -0.1) is 0 Å². The van der Waals surface area contributed by atoms with Crippen LogP contribution in [-0.4, -0.2) is 31.6 Å². The Morgan fingerprint density at radius 3 is 2.42 bits per heavy atom. The Hall–Kier alpha value is -0.120. The minimum absolute atomic E-state index is 0.373. The first-order chi connectivity index (χ1) is 5.64. The molecule has 0 saturated carbocycles. The second-order valence-electron chi connectivity index (χ2n) is 3.67. The van der Waals surface area contributed by atoms with E-state index in [-0.39, 0.29) is 5.79 Å². The van der Waals surface area contributed by atoms with Crippen molar-refractivity contribution in [2.45, 2.75) is 39.0 Å². The molecular formula is C9H19NO2. The lowest BCUT2D eigenvalue weighted by atomic mass is 10.2. The van der Waals surface area contributed by atoms with Crippen LogP contribution >= 0.6 is 0 Å². The molecule has 0 unspecified atom stereocenters. The van der Waals surface area contributed by atoms with E-state index in [9.17, 15) is 0 Å². The van der Waals surface area contributed by atoms with Crippen LogP contribution in [-0.2, 0) is 9.47 Å². The maximum Gasteiger partial charge on any atom is 0.162 e. The summed E-state index contributed by atoms with van der Waals surface area (Å²) in [7, 11) is 0. The van der Waals surface area contributed by atoms with Crippen LogP contribution in [0.15, 0.2) is 0 Å². The number of hydrogen-bond acceptors (Lipinski definition) is 3. The molecule has 0 radical (unpaired) electrons. The monoisotopic (exact) mass is 173 g/mol. The van der Waals surface area contributed by atoms with Crippen LogP contribution in [0.5, 0.6) is 0 Å². The van der Waals surface area contributed by atoms with Crippen molar-refractivity contribution in [3.63, 3.8) is 0 Å². The van der Waals surface area contributed by atoms with E-state index in [1.807, 2.05) is 13.8 Å². The van der Waals surface area contributed by atoms with Gasteiger partial charge in [0.1, 0.15) is 0 Å². The summed E-state index contributed by atoms with van der Waals surface area (Å²) in [6, 6.07) is 0.373. The van der Waals surface area contributed by atoms with Crippen molar-refractivity contribution in [3.8, 4) is 0 Å². The number of rotatable bonds is 3. The fraction of sp³-hybridized carbons (Fsp3) is 1.00. The quantitative estimate of drug-likeness (QED) is 0.694. The largest absolute Gasteiger partial charge is 0.349 e. The SMILES string of the molecule is CCCNC1COC(C)(C)OC1. The summed E-state index contributed by atoms with van der Waals surface area (Å²) in [4.78, 5) is 0. The fourth-order valence-corrected chi connectivity index (χ4v) is 1.16. The fourth-order valence-electron chi connectivity index (χ4n) is 1.16. The first-order valence-electron chi connectivity index (χ1n) is 4.65. The van der Waals surface area contributed by atoms with E-state index in [1.54, 1.807) is 0 Å². The van der Waals surface area contributed by atoms with Gasteiger partial charge in [0.05, 0.1) is 19.3 Å². The van der Waals surface area contributed by atoms with Gasteiger partial charge in [-0.1, -0.05) is 6.92 Å². The molecule has 1 heterocycles. The van der Waals surface area contributed by atoms with Crippen molar-refractivity contribution in [1.82, 2.24) is 5.32 Å². The summed E-state index contributed by atoms with van der Waals surface area (Å²) in [5, 5.41) is 3.36. The molecule has 0 aliphatic carbocycles. The molecule has 12 heavy (non-hydrogen) atoms. The second-order valence-corrected chi connectivity index (χ2v) is 3.67. The molecule has 3 nitrogen and oxygen atoms in total. The van der Waals surface area contributed by atoms with Crippen molar-refractivity contribution in [1.29, 1.82) is 0 Å². The molecule has 0 atom stereocenters. The molecule has 72 valence electrons. The smallest absolute Gasteiger partial charge is 0.162 e. The number of nitrogens with one attached hydrogen (secondary N) is 1. The van der Waals surface area contributed by atoms with Crippen molar-refractivity contribution in [3.05, 3.63) is 0 Å².